The summed E-state index contributed by atoms with van der Waals surface area (Å²) >= 11 is 0. The van der Waals surface area contributed by atoms with Crippen LogP contribution in [0.25, 0.3) is 16.8 Å². The molecule has 2 fully saturated rings. The van der Waals surface area contributed by atoms with Crippen LogP contribution in [-0.4, -0.2) is 75.6 Å². The highest BCUT2D eigenvalue weighted by molar-refractivity contribution is 5.94. The fourth-order valence-electron chi connectivity index (χ4n) is 6.41. The second kappa shape index (κ2) is 12.8. The van der Waals surface area contributed by atoms with Gasteiger partial charge in [-0.1, -0.05) is 24.3 Å². The summed E-state index contributed by atoms with van der Waals surface area (Å²) in [6, 6.07) is 13.6. The molecule has 2 saturated heterocycles. The maximum atomic E-state index is 14.9. The number of aryl methyl sites for hydroxylation is 1. The molecule has 2 aromatic heterocycles. The minimum Gasteiger partial charge on any atom is -0.480 e. The lowest BCUT2D eigenvalue weighted by atomic mass is 9.76. The zero-order valence-corrected chi connectivity index (χ0v) is 26.3. The van der Waals surface area contributed by atoms with E-state index in [4.69, 9.17) is 10.5 Å². The largest absolute Gasteiger partial charge is 0.480 e. The van der Waals surface area contributed by atoms with Crippen molar-refractivity contribution in [1.29, 1.82) is 0 Å². The lowest BCUT2D eigenvalue weighted by Crippen LogP contribution is -2.41. The molecule has 4 heterocycles. The summed E-state index contributed by atoms with van der Waals surface area (Å²) < 4.78 is 51.6. The topological polar surface area (TPSA) is 161 Å². The maximum Gasteiger partial charge on any atom is 0.429 e. The van der Waals surface area contributed by atoms with Gasteiger partial charge in [0.05, 0.1) is 11.4 Å². The van der Waals surface area contributed by atoms with E-state index >= 15 is 0 Å². The van der Waals surface area contributed by atoms with Gasteiger partial charge in [-0.05, 0) is 67.0 Å². The van der Waals surface area contributed by atoms with Gasteiger partial charge < -0.3 is 31.1 Å². The number of carboxylic acid groups (broad SMARTS) is 1. The molecule has 0 radical (unpaired) electrons. The molecule has 2 unspecified atom stereocenters. The molecule has 0 bridgehead atoms. The van der Waals surface area contributed by atoms with Crippen LogP contribution in [0.2, 0.25) is 0 Å². The second-order valence-corrected chi connectivity index (χ2v) is 12.3. The average Bonchev–Trinajstić information content (AvgIpc) is 3.69. The minimum absolute atomic E-state index is 0.145. The number of hydrogen-bond acceptors (Lipinski definition) is 9. The highest BCUT2D eigenvalue weighted by Gasteiger charge is 2.46. The number of carboxylic acids is 1. The van der Waals surface area contributed by atoms with Crippen molar-refractivity contribution in [2.24, 2.45) is 5.41 Å². The van der Waals surface area contributed by atoms with Crippen molar-refractivity contribution in [3.8, 4) is 22.7 Å². The van der Waals surface area contributed by atoms with Crippen LogP contribution >= 0.6 is 0 Å². The Labute approximate surface area is 274 Å². The van der Waals surface area contributed by atoms with E-state index in [-0.39, 0.29) is 34.4 Å². The Kier molecular flexibility index (Phi) is 8.72. The number of nitrogens with two attached hydrogens (primary N) is 1. The Balaban J connectivity index is 1.30. The Morgan fingerprint density at radius 2 is 1.79 bits per heavy atom. The molecule has 2 aliphatic heterocycles. The summed E-state index contributed by atoms with van der Waals surface area (Å²) in [6.45, 7) is 3.35. The fraction of sp³-hybridized carbons (Fsp3) is 0.364. The first-order chi connectivity index (χ1) is 22.8. The highest BCUT2D eigenvalue weighted by atomic mass is 19.4. The molecular weight excluding hydrogens is 629 g/mol. The van der Waals surface area contributed by atoms with Gasteiger partial charge in [0, 0.05) is 50.1 Å². The van der Waals surface area contributed by atoms with Crippen molar-refractivity contribution in [3.05, 3.63) is 77.6 Å². The van der Waals surface area contributed by atoms with Crippen LogP contribution in [-0.2, 0) is 4.79 Å². The number of rotatable bonds is 8. The first-order valence-electron chi connectivity index (χ1n) is 15.4. The van der Waals surface area contributed by atoms with Crippen molar-refractivity contribution >= 4 is 23.6 Å². The smallest absolute Gasteiger partial charge is 0.429 e. The fourth-order valence-corrected chi connectivity index (χ4v) is 6.41. The standard InChI is InChI=1S/C33H35F3N8O4/c1-19-9-12-44(42-19)25-15-22(20-3-5-21(6-4-20)29(45)38-2)7-8-23(25)28(33(34,35)36)48-27-16-26(40-31(37)41-27)43-13-10-32(11-14-43)17-24(30(46)47)39-18-32/h3-9,12,15-16,24,28,39H,10-11,13-14,17-18H2,1-2H3,(H,38,45)(H,46,47)(H2,37,40,41). The van der Waals surface area contributed by atoms with Gasteiger partial charge in [-0.3, -0.25) is 9.59 Å². The van der Waals surface area contributed by atoms with Gasteiger partial charge in [-0.25, -0.2) is 4.68 Å². The second-order valence-electron chi connectivity index (χ2n) is 12.3. The SMILES string of the molecule is CNC(=O)c1ccc(-c2ccc(C(Oc3cc(N4CCC5(CC4)CNC(C(=O)O)C5)nc(N)n3)C(F)(F)F)c(-n3ccc(C)n3)c2)cc1. The lowest BCUT2D eigenvalue weighted by molar-refractivity contribution is -0.198. The number of piperidine rings is 1. The molecule has 0 aliphatic carbocycles. The van der Waals surface area contributed by atoms with Crippen LogP contribution in [0.1, 0.15) is 47.0 Å². The third-order valence-electron chi connectivity index (χ3n) is 9.04. The molecule has 6 rings (SSSR count). The molecule has 4 aromatic rings. The Bertz CT molecular complexity index is 1820. The number of aromatic nitrogens is 4. The highest BCUT2D eigenvalue weighted by Crippen LogP contribution is 2.42. The molecule has 0 saturated carbocycles. The van der Waals surface area contributed by atoms with Crippen molar-refractivity contribution in [2.45, 2.75) is 44.5 Å². The van der Waals surface area contributed by atoms with Gasteiger partial charge in [0.2, 0.25) is 17.9 Å². The molecule has 2 aromatic carbocycles. The zero-order valence-electron chi connectivity index (χ0n) is 26.3. The summed E-state index contributed by atoms with van der Waals surface area (Å²) in [5.74, 6) is -1.39. The van der Waals surface area contributed by atoms with E-state index in [1.54, 1.807) is 55.6 Å². The van der Waals surface area contributed by atoms with Gasteiger partial charge in [0.15, 0.2) is 0 Å². The number of halogens is 3. The van der Waals surface area contributed by atoms with Gasteiger partial charge >= 0.3 is 12.1 Å². The lowest BCUT2D eigenvalue weighted by Gasteiger charge is -2.39. The molecule has 1 spiro atoms. The van der Waals surface area contributed by atoms with Gasteiger partial charge in [0.25, 0.3) is 5.91 Å². The quantitative estimate of drug-likeness (QED) is 0.214. The normalized spacial score (nSPS) is 18.1. The number of alkyl halides is 3. The van der Waals surface area contributed by atoms with E-state index in [0.717, 1.165) is 0 Å². The van der Waals surface area contributed by atoms with Crippen LogP contribution in [0, 0.1) is 12.3 Å². The first kappa shape index (κ1) is 32.7. The predicted octanol–water partition coefficient (Wildman–Crippen LogP) is 4.30. The zero-order chi connectivity index (χ0) is 34.2. The summed E-state index contributed by atoms with van der Waals surface area (Å²) in [7, 11) is 1.53. The maximum absolute atomic E-state index is 14.9. The van der Waals surface area contributed by atoms with E-state index in [1.165, 1.54) is 23.9 Å². The number of amides is 1. The predicted molar refractivity (Wildman–Crippen MR) is 171 cm³/mol. The van der Waals surface area contributed by atoms with Crippen molar-refractivity contribution in [2.75, 3.05) is 37.3 Å². The van der Waals surface area contributed by atoms with E-state index in [9.17, 15) is 27.9 Å². The molecule has 2 aliphatic rings. The minimum atomic E-state index is -4.86. The van der Waals surface area contributed by atoms with Crippen LogP contribution in [0.4, 0.5) is 24.9 Å². The molecule has 15 heteroatoms. The summed E-state index contributed by atoms with van der Waals surface area (Å²) in [4.78, 5) is 33.6. The number of nitrogens with one attached hydrogen (secondary N) is 2. The summed E-state index contributed by atoms with van der Waals surface area (Å²) in [5, 5.41) is 19.4. The number of benzene rings is 2. The molecule has 48 heavy (non-hydrogen) atoms. The van der Waals surface area contributed by atoms with E-state index in [2.05, 4.69) is 25.7 Å². The molecule has 12 nitrogen and oxygen atoms in total. The number of anilines is 2. The number of carbonyl (C=O) groups excluding carboxylic acids is 1. The Morgan fingerprint density at radius 3 is 2.40 bits per heavy atom. The average molecular weight is 665 g/mol. The van der Waals surface area contributed by atoms with E-state index < -0.39 is 24.3 Å². The summed E-state index contributed by atoms with van der Waals surface area (Å²) in [5.41, 5.74) is 8.10. The molecular formula is C33H35F3N8O4. The Morgan fingerprint density at radius 1 is 1.08 bits per heavy atom. The van der Waals surface area contributed by atoms with Crippen LogP contribution in [0.15, 0.2) is 60.8 Å². The summed E-state index contributed by atoms with van der Waals surface area (Å²) in [6.07, 6.45) is -3.84. The Hall–Kier alpha value is -5.18. The third kappa shape index (κ3) is 6.76. The van der Waals surface area contributed by atoms with Gasteiger partial charge in [0.1, 0.15) is 11.9 Å². The molecule has 1 amide bonds. The van der Waals surface area contributed by atoms with Gasteiger partial charge in [-0.15, -0.1) is 0 Å². The van der Waals surface area contributed by atoms with E-state index in [1.807, 2.05) is 4.90 Å². The van der Waals surface area contributed by atoms with Crippen LogP contribution < -0.4 is 26.0 Å². The number of carbonyl (C=O) groups is 2. The van der Waals surface area contributed by atoms with Crippen molar-refractivity contribution in [3.63, 3.8) is 0 Å². The molecule has 252 valence electrons. The van der Waals surface area contributed by atoms with Crippen LogP contribution in [0.5, 0.6) is 5.88 Å². The molecule has 5 N–H and O–H groups in total. The third-order valence-corrected chi connectivity index (χ3v) is 9.04. The number of aliphatic carboxylic acids is 1. The number of nitrogens with zero attached hydrogens (tertiary/aromatic N) is 5. The van der Waals surface area contributed by atoms with E-state index in [0.29, 0.717) is 67.1 Å². The van der Waals surface area contributed by atoms with Crippen molar-refractivity contribution in [1.82, 2.24) is 30.4 Å². The van der Waals surface area contributed by atoms with Crippen molar-refractivity contribution < 1.29 is 32.6 Å². The first-order valence-corrected chi connectivity index (χ1v) is 15.4. The number of ether oxygens (including phenoxy) is 1. The molecule has 2 atom stereocenters. The number of hydrogen-bond donors (Lipinski definition) is 4. The number of nitrogen functional groups attached to an aromatic ring is 1. The van der Waals surface area contributed by atoms with Crippen LogP contribution in [0.3, 0.4) is 0 Å². The van der Waals surface area contributed by atoms with Gasteiger partial charge in [-0.2, -0.15) is 28.2 Å². The monoisotopic (exact) mass is 664 g/mol.